The summed E-state index contributed by atoms with van der Waals surface area (Å²) in [5.74, 6) is 0. The summed E-state index contributed by atoms with van der Waals surface area (Å²) in [7, 11) is 0. The third kappa shape index (κ3) is 2.60. The van der Waals surface area contributed by atoms with Crippen LogP contribution in [-0.4, -0.2) is 16.2 Å². The molecular weight excluding hydrogens is 216 g/mol. The first-order valence-electron chi connectivity index (χ1n) is 5.19. The molecule has 0 aliphatic heterocycles. The topological polar surface area (TPSA) is 62.2 Å². The molecular formula is C13H12N2O2. The Morgan fingerprint density at radius 2 is 2.00 bits per heavy atom. The highest BCUT2D eigenvalue weighted by atomic mass is 16.4. The summed E-state index contributed by atoms with van der Waals surface area (Å²) >= 11 is 0. The molecule has 1 heterocycles. The van der Waals surface area contributed by atoms with Gasteiger partial charge in [0.1, 0.15) is 0 Å². The number of hydrogen-bond donors (Lipinski definition) is 2. The summed E-state index contributed by atoms with van der Waals surface area (Å²) in [5.41, 5.74) is 3.49. The fourth-order valence-electron chi connectivity index (χ4n) is 1.61. The molecule has 0 saturated heterocycles. The molecule has 0 bridgehead atoms. The van der Waals surface area contributed by atoms with Crippen molar-refractivity contribution >= 4 is 11.8 Å². The highest BCUT2D eigenvalue weighted by molar-refractivity contribution is 5.82. The first-order chi connectivity index (χ1) is 8.16. The number of nitrogens with one attached hydrogen (secondary N) is 1. The molecule has 4 nitrogen and oxygen atoms in total. The lowest BCUT2D eigenvalue weighted by Crippen LogP contribution is -2.07. The average molecular weight is 228 g/mol. The van der Waals surface area contributed by atoms with Gasteiger partial charge in [-0.05, 0) is 24.6 Å². The minimum Gasteiger partial charge on any atom is -0.465 e. The zero-order valence-electron chi connectivity index (χ0n) is 9.34. The van der Waals surface area contributed by atoms with Crippen LogP contribution in [-0.2, 0) is 0 Å². The van der Waals surface area contributed by atoms with E-state index >= 15 is 0 Å². The minimum atomic E-state index is -1.09. The van der Waals surface area contributed by atoms with Crippen molar-refractivity contribution in [3.8, 4) is 11.3 Å². The summed E-state index contributed by atoms with van der Waals surface area (Å²) in [4.78, 5) is 14.7. The molecule has 1 aromatic carbocycles. The number of hydrogen-bond acceptors (Lipinski definition) is 2. The second-order valence-electron chi connectivity index (χ2n) is 3.68. The van der Waals surface area contributed by atoms with Crippen LogP contribution in [0.4, 0.5) is 10.5 Å². The number of nitrogens with zero attached hydrogens (tertiary/aromatic N) is 1. The number of benzene rings is 1. The van der Waals surface area contributed by atoms with Gasteiger partial charge in [-0.3, -0.25) is 10.3 Å². The Balaban J connectivity index is 2.30. The van der Waals surface area contributed by atoms with E-state index in [1.54, 1.807) is 12.1 Å². The maximum absolute atomic E-state index is 10.4. The molecule has 0 aliphatic rings. The Morgan fingerprint density at radius 3 is 2.59 bits per heavy atom. The lowest BCUT2D eigenvalue weighted by Gasteiger charge is -2.05. The van der Waals surface area contributed by atoms with Crippen molar-refractivity contribution in [2.75, 3.05) is 5.32 Å². The van der Waals surface area contributed by atoms with Crippen LogP contribution < -0.4 is 5.32 Å². The summed E-state index contributed by atoms with van der Waals surface area (Å²) in [6, 6.07) is 11.4. The number of aromatic nitrogens is 1. The Labute approximate surface area is 98.9 Å². The standard InChI is InChI=1S/C13H12N2O2/c1-9-4-2-3-5-11(9)12-7-6-10(8-14-12)15-13(16)17/h2-8,15H,1H3,(H,16,17). The van der Waals surface area contributed by atoms with Gasteiger partial charge in [-0.15, -0.1) is 0 Å². The van der Waals surface area contributed by atoms with E-state index in [1.807, 2.05) is 31.2 Å². The van der Waals surface area contributed by atoms with E-state index in [0.29, 0.717) is 5.69 Å². The highest BCUT2D eigenvalue weighted by Gasteiger charge is 2.03. The minimum absolute atomic E-state index is 0.467. The van der Waals surface area contributed by atoms with Crippen LogP contribution in [0.3, 0.4) is 0 Å². The molecule has 0 aliphatic carbocycles. The molecule has 0 saturated carbocycles. The summed E-state index contributed by atoms with van der Waals surface area (Å²) < 4.78 is 0. The molecule has 1 aromatic heterocycles. The Bertz CT molecular complexity index is 535. The number of rotatable bonds is 2. The molecule has 4 heteroatoms. The number of pyridine rings is 1. The molecule has 17 heavy (non-hydrogen) atoms. The molecule has 0 unspecified atom stereocenters. The lowest BCUT2D eigenvalue weighted by molar-refractivity contribution is 0.209. The van der Waals surface area contributed by atoms with Gasteiger partial charge in [-0.25, -0.2) is 4.79 Å². The quantitative estimate of drug-likeness (QED) is 0.829. The van der Waals surface area contributed by atoms with Gasteiger partial charge in [-0.2, -0.15) is 0 Å². The van der Waals surface area contributed by atoms with Crippen LogP contribution >= 0.6 is 0 Å². The Kier molecular flexibility index (Phi) is 3.05. The molecule has 0 atom stereocenters. The number of aryl methyl sites for hydroxylation is 1. The predicted octanol–water partition coefficient (Wildman–Crippen LogP) is 3.15. The molecule has 2 N–H and O–H groups in total. The van der Waals surface area contributed by atoms with Crippen molar-refractivity contribution in [1.29, 1.82) is 0 Å². The van der Waals surface area contributed by atoms with Gasteiger partial charge >= 0.3 is 6.09 Å². The fraction of sp³-hybridized carbons (Fsp3) is 0.0769. The zero-order valence-corrected chi connectivity index (χ0v) is 9.34. The van der Waals surface area contributed by atoms with E-state index in [2.05, 4.69) is 10.3 Å². The second kappa shape index (κ2) is 4.65. The van der Waals surface area contributed by atoms with Gasteiger partial charge in [0, 0.05) is 5.56 Å². The van der Waals surface area contributed by atoms with Crippen LogP contribution in [0, 0.1) is 6.92 Å². The highest BCUT2D eigenvalue weighted by Crippen LogP contribution is 2.21. The summed E-state index contributed by atoms with van der Waals surface area (Å²) in [5, 5.41) is 10.8. The van der Waals surface area contributed by atoms with Gasteiger partial charge < -0.3 is 5.11 Å². The first kappa shape index (κ1) is 11.1. The van der Waals surface area contributed by atoms with E-state index in [-0.39, 0.29) is 0 Å². The van der Waals surface area contributed by atoms with Crippen molar-refractivity contribution in [3.63, 3.8) is 0 Å². The smallest absolute Gasteiger partial charge is 0.409 e. The van der Waals surface area contributed by atoms with Crippen molar-refractivity contribution < 1.29 is 9.90 Å². The van der Waals surface area contributed by atoms with Crippen LogP contribution in [0.15, 0.2) is 42.6 Å². The molecule has 86 valence electrons. The first-order valence-corrected chi connectivity index (χ1v) is 5.19. The van der Waals surface area contributed by atoms with E-state index in [4.69, 9.17) is 5.11 Å². The molecule has 1 amide bonds. The van der Waals surface area contributed by atoms with E-state index in [9.17, 15) is 4.79 Å². The molecule has 0 fully saturated rings. The van der Waals surface area contributed by atoms with E-state index in [0.717, 1.165) is 16.8 Å². The number of amides is 1. The van der Waals surface area contributed by atoms with Gasteiger partial charge in [0.25, 0.3) is 0 Å². The molecule has 2 aromatic rings. The second-order valence-corrected chi connectivity index (χ2v) is 3.68. The number of carbonyl (C=O) groups is 1. The van der Waals surface area contributed by atoms with Crippen LogP contribution in [0.2, 0.25) is 0 Å². The maximum atomic E-state index is 10.4. The monoisotopic (exact) mass is 228 g/mol. The molecule has 2 rings (SSSR count). The predicted molar refractivity (Wildman–Crippen MR) is 66.1 cm³/mol. The van der Waals surface area contributed by atoms with Crippen LogP contribution in [0.1, 0.15) is 5.56 Å². The average Bonchev–Trinajstić information content (AvgIpc) is 2.30. The van der Waals surface area contributed by atoms with Crippen LogP contribution in [0.5, 0.6) is 0 Å². The normalized spacial score (nSPS) is 9.94. The Morgan fingerprint density at radius 1 is 1.24 bits per heavy atom. The largest absolute Gasteiger partial charge is 0.465 e. The van der Waals surface area contributed by atoms with Gasteiger partial charge in [-0.1, -0.05) is 24.3 Å². The third-order valence-electron chi connectivity index (χ3n) is 2.44. The molecule has 0 spiro atoms. The number of anilines is 1. The fourth-order valence-corrected chi connectivity index (χ4v) is 1.61. The number of carboxylic acid groups (broad SMARTS) is 1. The van der Waals surface area contributed by atoms with Gasteiger partial charge in [0.15, 0.2) is 0 Å². The Hall–Kier alpha value is -2.36. The lowest BCUT2D eigenvalue weighted by atomic mass is 10.1. The zero-order chi connectivity index (χ0) is 12.3. The van der Waals surface area contributed by atoms with Crippen molar-refractivity contribution in [3.05, 3.63) is 48.2 Å². The van der Waals surface area contributed by atoms with Crippen LogP contribution in [0.25, 0.3) is 11.3 Å². The maximum Gasteiger partial charge on any atom is 0.409 e. The van der Waals surface area contributed by atoms with Crippen molar-refractivity contribution in [2.45, 2.75) is 6.92 Å². The SMILES string of the molecule is Cc1ccccc1-c1ccc(NC(=O)O)cn1. The van der Waals surface area contributed by atoms with E-state index < -0.39 is 6.09 Å². The van der Waals surface area contributed by atoms with Gasteiger partial charge in [0.2, 0.25) is 0 Å². The van der Waals surface area contributed by atoms with Gasteiger partial charge in [0.05, 0.1) is 17.6 Å². The summed E-state index contributed by atoms with van der Waals surface area (Å²) in [6.45, 7) is 2.01. The summed E-state index contributed by atoms with van der Waals surface area (Å²) in [6.07, 6.45) is 0.422. The molecule has 0 radical (unpaired) electrons. The van der Waals surface area contributed by atoms with E-state index in [1.165, 1.54) is 6.20 Å². The third-order valence-corrected chi connectivity index (χ3v) is 2.44. The van der Waals surface area contributed by atoms with Crippen molar-refractivity contribution in [2.24, 2.45) is 0 Å². The van der Waals surface area contributed by atoms with Crippen molar-refractivity contribution in [1.82, 2.24) is 4.98 Å².